The van der Waals surface area contributed by atoms with Crippen molar-refractivity contribution in [1.82, 2.24) is 0 Å². The van der Waals surface area contributed by atoms with Crippen LogP contribution in [0.3, 0.4) is 0 Å². The summed E-state index contributed by atoms with van der Waals surface area (Å²) in [4.78, 5) is 12.6. The topological polar surface area (TPSA) is 26.3 Å². The highest BCUT2D eigenvalue weighted by atomic mass is 32.2. The number of carbonyl (C=O) groups is 1. The second-order valence-corrected chi connectivity index (χ2v) is 9.00. The van der Waals surface area contributed by atoms with Gasteiger partial charge in [-0.15, -0.1) is 0 Å². The zero-order valence-electron chi connectivity index (χ0n) is 13.9. The van der Waals surface area contributed by atoms with E-state index in [-0.39, 0.29) is 17.5 Å². The summed E-state index contributed by atoms with van der Waals surface area (Å²) in [5.41, 5.74) is -0.156. The van der Waals surface area contributed by atoms with Gasteiger partial charge in [-0.2, -0.15) is 11.8 Å². The van der Waals surface area contributed by atoms with E-state index in [1.807, 2.05) is 6.92 Å². The van der Waals surface area contributed by atoms with E-state index in [9.17, 15) is 4.79 Å². The molecule has 1 unspecified atom stereocenters. The molecule has 4 bridgehead atoms. The molecule has 4 fully saturated rings. The minimum atomic E-state index is -0.156. The maximum atomic E-state index is 12.6. The molecule has 4 aliphatic carbocycles. The Labute approximate surface area is 133 Å². The molecule has 0 aromatic rings. The van der Waals surface area contributed by atoms with Crippen LogP contribution in [0.4, 0.5) is 0 Å². The van der Waals surface area contributed by atoms with Gasteiger partial charge in [0, 0.05) is 5.75 Å². The number of esters is 1. The number of ether oxygens (including phenoxy) is 1. The molecule has 1 atom stereocenters. The summed E-state index contributed by atoms with van der Waals surface area (Å²) in [6, 6.07) is 0. The van der Waals surface area contributed by atoms with E-state index in [4.69, 9.17) is 4.74 Å². The molecule has 0 spiro atoms. The molecule has 0 amide bonds. The van der Waals surface area contributed by atoms with E-state index in [0.717, 1.165) is 17.6 Å². The SMILES string of the molecule is CSCC(C)C(=O)OC1(C(C)C)C2CC3CC(C2)CC1C3. The Morgan fingerprint density at radius 1 is 1.10 bits per heavy atom. The minimum Gasteiger partial charge on any atom is -0.458 e. The summed E-state index contributed by atoms with van der Waals surface area (Å²) in [5.74, 6) is 4.46. The van der Waals surface area contributed by atoms with Crippen molar-refractivity contribution in [2.24, 2.45) is 35.5 Å². The molecular weight excluding hydrogens is 280 g/mol. The van der Waals surface area contributed by atoms with Gasteiger partial charge in [0.05, 0.1) is 5.92 Å². The molecule has 4 rings (SSSR count). The molecular formula is C18H30O2S. The minimum absolute atomic E-state index is 0.0211. The Balaban J connectivity index is 1.82. The van der Waals surface area contributed by atoms with Crippen LogP contribution in [0.1, 0.15) is 52.9 Å². The van der Waals surface area contributed by atoms with Crippen molar-refractivity contribution >= 4 is 17.7 Å². The fourth-order valence-corrected chi connectivity index (χ4v) is 6.38. The lowest BCUT2D eigenvalue weighted by molar-refractivity contribution is -0.227. The van der Waals surface area contributed by atoms with Crippen LogP contribution in [-0.4, -0.2) is 23.6 Å². The van der Waals surface area contributed by atoms with Crippen LogP contribution in [-0.2, 0) is 9.53 Å². The zero-order valence-corrected chi connectivity index (χ0v) is 14.7. The lowest BCUT2D eigenvalue weighted by Gasteiger charge is -2.62. The first-order chi connectivity index (χ1) is 9.97. The first-order valence-corrected chi connectivity index (χ1v) is 10.1. The van der Waals surface area contributed by atoms with E-state index in [1.165, 1.54) is 32.1 Å². The van der Waals surface area contributed by atoms with Gasteiger partial charge in [0.1, 0.15) is 5.60 Å². The molecule has 0 N–H and O–H groups in total. The first kappa shape index (κ1) is 15.7. The molecule has 0 aromatic carbocycles. The van der Waals surface area contributed by atoms with Crippen molar-refractivity contribution in [3.63, 3.8) is 0 Å². The Bertz CT molecular complexity index is 376. The van der Waals surface area contributed by atoms with Gasteiger partial charge in [-0.3, -0.25) is 4.79 Å². The van der Waals surface area contributed by atoms with Crippen LogP contribution >= 0.6 is 11.8 Å². The van der Waals surface area contributed by atoms with Crippen LogP contribution < -0.4 is 0 Å². The van der Waals surface area contributed by atoms with Gasteiger partial charge < -0.3 is 4.74 Å². The third kappa shape index (κ3) is 2.54. The van der Waals surface area contributed by atoms with Crippen molar-refractivity contribution in [2.75, 3.05) is 12.0 Å². The fourth-order valence-electron chi connectivity index (χ4n) is 5.74. The molecule has 120 valence electrons. The van der Waals surface area contributed by atoms with Crippen LogP contribution in [0.15, 0.2) is 0 Å². The van der Waals surface area contributed by atoms with Crippen LogP contribution in [0.25, 0.3) is 0 Å². The van der Waals surface area contributed by atoms with Gasteiger partial charge in [-0.1, -0.05) is 20.8 Å². The second-order valence-electron chi connectivity index (χ2n) is 8.09. The average Bonchev–Trinajstić information content (AvgIpc) is 2.41. The molecule has 0 aromatic heterocycles. The Kier molecular flexibility index (Phi) is 4.33. The zero-order chi connectivity index (χ0) is 15.2. The molecule has 0 radical (unpaired) electrons. The van der Waals surface area contributed by atoms with E-state index < -0.39 is 0 Å². The van der Waals surface area contributed by atoms with Gasteiger partial charge >= 0.3 is 5.97 Å². The van der Waals surface area contributed by atoms with E-state index in [0.29, 0.717) is 17.8 Å². The van der Waals surface area contributed by atoms with Gasteiger partial charge in [0.15, 0.2) is 0 Å². The molecule has 2 nitrogen and oxygen atoms in total. The predicted molar refractivity (Wildman–Crippen MR) is 88.3 cm³/mol. The lowest BCUT2D eigenvalue weighted by atomic mass is 9.47. The average molecular weight is 311 g/mol. The Morgan fingerprint density at radius 3 is 2.05 bits per heavy atom. The Hall–Kier alpha value is -0.180. The number of rotatable bonds is 5. The largest absolute Gasteiger partial charge is 0.458 e. The summed E-state index contributed by atoms with van der Waals surface area (Å²) in [7, 11) is 0. The van der Waals surface area contributed by atoms with E-state index in [2.05, 4.69) is 20.1 Å². The van der Waals surface area contributed by atoms with Crippen LogP contribution in [0.2, 0.25) is 0 Å². The molecule has 21 heavy (non-hydrogen) atoms. The van der Waals surface area contributed by atoms with E-state index >= 15 is 0 Å². The Morgan fingerprint density at radius 2 is 1.62 bits per heavy atom. The standard InChI is InChI=1S/C18H30O2S/c1-11(2)18(20-17(19)12(3)10-21-4)15-6-13-5-14(8-15)9-16(18)7-13/h11-16H,5-10H2,1-4H3. The molecule has 4 saturated carbocycles. The second kappa shape index (κ2) is 5.79. The highest BCUT2D eigenvalue weighted by Gasteiger charge is 2.60. The molecule has 3 heteroatoms. The van der Waals surface area contributed by atoms with E-state index in [1.54, 1.807) is 11.8 Å². The molecule has 0 heterocycles. The third-order valence-electron chi connectivity index (χ3n) is 6.41. The van der Waals surface area contributed by atoms with Crippen molar-refractivity contribution in [3.05, 3.63) is 0 Å². The van der Waals surface area contributed by atoms with Crippen molar-refractivity contribution in [1.29, 1.82) is 0 Å². The van der Waals surface area contributed by atoms with Crippen LogP contribution in [0.5, 0.6) is 0 Å². The highest BCUT2D eigenvalue weighted by molar-refractivity contribution is 7.98. The quantitative estimate of drug-likeness (QED) is 0.705. The number of carbonyl (C=O) groups excluding carboxylic acids is 1. The predicted octanol–water partition coefficient (Wildman–Crippen LogP) is 4.38. The summed E-state index contributed by atoms with van der Waals surface area (Å²) >= 11 is 1.74. The summed E-state index contributed by atoms with van der Waals surface area (Å²) in [5, 5.41) is 0. The normalized spacial score (nSPS) is 42.3. The number of hydrogen-bond donors (Lipinski definition) is 0. The van der Waals surface area contributed by atoms with Crippen molar-refractivity contribution in [2.45, 2.75) is 58.5 Å². The molecule has 0 aliphatic heterocycles. The van der Waals surface area contributed by atoms with Crippen LogP contribution in [0, 0.1) is 35.5 Å². The first-order valence-electron chi connectivity index (χ1n) is 8.69. The summed E-state index contributed by atoms with van der Waals surface area (Å²) in [6.07, 6.45) is 8.71. The van der Waals surface area contributed by atoms with Crippen molar-refractivity contribution in [3.8, 4) is 0 Å². The highest BCUT2D eigenvalue weighted by Crippen LogP contribution is 2.61. The summed E-state index contributed by atoms with van der Waals surface area (Å²) in [6.45, 7) is 6.56. The maximum Gasteiger partial charge on any atom is 0.310 e. The number of hydrogen-bond acceptors (Lipinski definition) is 3. The third-order valence-corrected chi connectivity index (χ3v) is 7.25. The molecule has 4 aliphatic rings. The lowest BCUT2D eigenvalue weighted by Crippen LogP contribution is -2.62. The van der Waals surface area contributed by atoms with Gasteiger partial charge in [0.2, 0.25) is 0 Å². The fraction of sp³-hybridized carbons (Fsp3) is 0.944. The maximum absolute atomic E-state index is 12.6. The number of thioether (sulfide) groups is 1. The summed E-state index contributed by atoms with van der Waals surface area (Å²) < 4.78 is 6.34. The molecule has 0 saturated heterocycles. The van der Waals surface area contributed by atoms with Gasteiger partial charge in [-0.05, 0) is 67.9 Å². The monoisotopic (exact) mass is 310 g/mol. The van der Waals surface area contributed by atoms with Gasteiger partial charge in [-0.25, -0.2) is 0 Å². The van der Waals surface area contributed by atoms with Crippen molar-refractivity contribution < 1.29 is 9.53 Å². The van der Waals surface area contributed by atoms with Gasteiger partial charge in [0.25, 0.3) is 0 Å². The smallest absolute Gasteiger partial charge is 0.310 e.